The molecule has 0 aliphatic carbocycles. The predicted octanol–water partition coefficient (Wildman–Crippen LogP) is -0.320. The van der Waals surface area contributed by atoms with Gasteiger partial charge >= 0.3 is 6.03 Å². The molecule has 2 N–H and O–H groups in total. The average Bonchev–Trinajstić information content (AvgIpc) is 2.45. The van der Waals surface area contributed by atoms with E-state index in [-0.39, 0.29) is 24.5 Å². The van der Waals surface area contributed by atoms with Gasteiger partial charge in [0.05, 0.1) is 12.6 Å². The van der Waals surface area contributed by atoms with Crippen molar-refractivity contribution >= 4 is 11.9 Å². The first-order chi connectivity index (χ1) is 6.79. The summed E-state index contributed by atoms with van der Waals surface area (Å²) in [6.45, 7) is 1.88. The molecule has 5 nitrogen and oxygen atoms in total. The molecule has 0 aromatic carbocycles. The van der Waals surface area contributed by atoms with Gasteiger partial charge < -0.3 is 10.6 Å². The second-order valence-corrected chi connectivity index (χ2v) is 3.78. The standard InChI is InChI=1S/C9H15N3O2/c13-8-6-11-9(14)12(8)7-3-1-2-4-10-5-7/h7,10H,1-6H2,(H,11,14). The van der Waals surface area contributed by atoms with E-state index in [9.17, 15) is 9.59 Å². The van der Waals surface area contributed by atoms with Gasteiger partial charge in [-0.05, 0) is 19.4 Å². The van der Waals surface area contributed by atoms with Gasteiger partial charge in [-0.3, -0.25) is 9.69 Å². The monoisotopic (exact) mass is 197 g/mol. The molecular formula is C9H15N3O2. The van der Waals surface area contributed by atoms with E-state index in [0.717, 1.165) is 32.4 Å². The second-order valence-electron chi connectivity index (χ2n) is 3.78. The smallest absolute Gasteiger partial charge is 0.324 e. The Morgan fingerprint density at radius 1 is 1.29 bits per heavy atom. The van der Waals surface area contributed by atoms with Gasteiger partial charge in [0.15, 0.2) is 0 Å². The SMILES string of the molecule is O=C1CNC(=O)N1C1CCCCNC1. The van der Waals surface area contributed by atoms with Gasteiger partial charge in [0.25, 0.3) is 0 Å². The summed E-state index contributed by atoms with van der Waals surface area (Å²) < 4.78 is 0. The highest BCUT2D eigenvalue weighted by Gasteiger charge is 2.34. The maximum Gasteiger partial charge on any atom is 0.324 e. The number of nitrogens with one attached hydrogen (secondary N) is 2. The fourth-order valence-corrected chi connectivity index (χ4v) is 2.03. The van der Waals surface area contributed by atoms with Crippen molar-refractivity contribution in [3.63, 3.8) is 0 Å². The molecule has 0 bridgehead atoms. The van der Waals surface area contributed by atoms with Crippen LogP contribution in [-0.2, 0) is 4.79 Å². The summed E-state index contributed by atoms with van der Waals surface area (Å²) in [5, 5.41) is 5.79. The molecule has 2 fully saturated rings. The lowest BCUT2D eigenvalue weighted by atomic mass is 10.1. The maximum absolute atomic E-state index is 11.4. The Kier molecular flexibility index (Phi) is 2.67. The van der Waals surface area contributed by atoms with Crippen LogP contribution in [0.3, 0.4) is 0 Å². The Morgan fingerprint density at radius 2 is 2.14 bits per heavy atom. The van der Waals surface area contributed by atoms with Crippen LogP contribution in [-0.4, -0.2) is 42.5 Å². The van der Waals surface area contributed by atoms with Crippen molar-refractivity contribution < 1.29 is 9.59 Å². The summed E-state index contributed by atoms with van der Waals surface area (Å²) in [5.74, 6) is -0.0938. The Labute approximate surface area is 82.8 Å². The molecular weight excluding hydrogens is 182 g/mol. The Bertz CT molecular complexity index is 230. The van der Waals surface area contributed by atoms with E-state index in [2.05, 4.69) is 10.6 Å². The number of carbonyl (C=O) groups is 2. The van der Waals surface area contributed by atoms with Crippen LogP contribution in [0.5, 0.6) is 0 Å². The molecule has 0 saturated carbocycles. The minimum absolute atomic E-state index is 0.0486. The van der Waals surface area contributed by atoms with Crippen LogP contribution < -0.4 is 10.6 Å². The van der Waals surface area contributed by atoms with Crippen molar-refractivity contribution in [2.24, 2.45) is 0 Å². The molecule has 14 heavy (non-hydrogen) atoms. The van der Waals surface area contributed by atoms with Gasteiger partial charge in [-0.15, -0.1) is 0 Å². The Balaban J connectivity index is 2.04. The van der Waals surface area contributed by atoms with Crippen molar-refractivity contribution in [2.45, 2.75) is 25.3 Å². The molecule has 0 spiro atoms. The van der Waals surface area contributed by atoms with Crippen LogP contribution >= 0.6 is 0 Å². The lowest BCUT2D eigenvalue weighted by molar-refractivity contribution is -0.126. The van der Waals surface area contributed by atoms with Crippen molar-refractivity contribution in [3.05, 3.63) is 0 Å². The molecule has 1 unspecified atom stereocenters. The molecule has 5 heteroatoms. The van der Waals surface area contributed by atoms with Crippen molar-refractivity contribution in [1.29, 1.82) is 0 Å². The zero-order chi connectivity index (χ0) is 9.97. The molecule has 78 valence electrons. The van der Waals surface area contributed by atoms with E-state index in [1.165, 1.54) is 4.90 Å². The molecule has 1 atom stereocenters. The van der Waals surface area contributed by atoms with Crippen molar-refractivity contribution in [3.8, 4) is 0 Å². The zero-order valence-electron chi connectivity index (χ0n) is 8.08. The van der Waals surface area contributed by atoms with Crippen LogP contribution in [0.25, 0.3) is 0 Å². The van der Waals surface area contributed by atoms with Crippen molar-refractivity contribution in [1.82, 2.24) is 15.5 Å². The number of rotatable bonds is 1. The third-order valence-electron chi connectivity index (χ3n) is 2.76. The van der Waals surface area contributed by atoms with Gasteiger partial charge in [-0.1, -0.05) is 6.42 Å². The normalized spacial score (nSPS) is 28.9. The third-order valence-corrected chi connectivity index (χ3v) is 2.76. The van der Waals surface area contributed by atoms with Crippen LogP contribution in [0.4, 0.5) is 4.79 Å². The molecule has 3 amide bonds. The number of carbonyl (C=O) groups excluding carboxylic acids is 2. The largest absolute Gasteiger partial charge is 0.329 e. The maximum atomic E-state index is 11.4. The molecule has 0 aromatic heterocycles. The van der Waals surface area contributed by atoms with Crippen LogP contribution in [0.1, 0.15) is 19.3 Å². The third kappa shape index (κ3) is 1.72. The summed E-state index contributed by atoms with van der Waals surface area (Å²) in [4.78, 5) is 24.1. The summed E-state index contributed by atoms with van der Waals surface area (Å²) >= 11 is 0. The molecule has 2 heterocycles. The fourth-order valence-electron chi connectivity index (χ4n) is 2.03. The number of hydrogen-bond acceptors (Lipinski definition) is 3. The van der Waals surface area contributed by atoms with Gasteiger partial charge in [0.2, 0.25) is 5.91 Å². The number of hydrogen-bond donors (Lipinski definition) is 2. The zero-order valence-corrected chi connectivity index (χ0v) is 8.08. The predicted molar refractivity (Wildman–Crippen MR) is 50.8 cm³/mol. The first kappa shape index (κ1) is 9.45. The Morgan fingerprint density at radius 3 is 2.86 bits per heavy atom. The van der Waals surface area contributed by atoms with Gasteiger partial charge in [0, 0.05) is 6.54 Å². The van der Waals surface area contributed by atoms with E-state index < -0.39 is 0 Å². The number of urea groups is 1. The molecule has 2 aliphatic heterocycles. The van der Waals surface area contributed by atoms with E-state index in [4.69, 9.17) is 0 Å². The average molecular weight is 197 g/mol. The molecule has 2 aliphatic rings. The quantitative estimate of drug-likeness (QED) is 0.566. The van der Waals surface area contributed by atoms with E-state index in [0.29, 0.717) is 0 Å². The number of amides is 3. The lowest BCUT2D eigenvalue weighted by Crippen LogP contribution is -2.45. The molecule has 0 aromatic rings. The van der Waals surface area contributed by atoms with E-state index >= 15 is 0 Å². The molecule has 2 rings (SSSR count). The highest BCUT2D eigenvalue weighted by molar-refractivity contribution is 6.02. The number of imide groups is 1. The highest BCUT2D eigenvalue weighted by atomic mass is 16.2. The summed E-state index contributed by atoms with van der Waals surface area (Å²) in [7, 11) is 0. The van der Waals surface area contributed by atoms with Crippen molar-refractivity contribution in [2.75, 3.05) is 19.6 Å². The van der Waals surface area contributed by atoms with Crippen LogP contribution in [0.2, 0.25) is 0 Å². The lowest BCUT2D eigenvalue weighted by Gasteiger charge is -2.23. The van der Waals surface area contributed by atoms with Gasteiger partial charge in [0.1, 0.15) is 0 Å². The van der Waals surface area contributed by atoms with Gasteiger partial charge in [-0.2, -0.15) is 0 Å². The van der Waals surface area contributed by atoms with Crippen LogP contribution in [0.15, 0.2) is 0 Å². The fraction of sp³-hybridized carbons (Fsp3) is 0.778. The summed E-state index contributed by atoms with van der Waals surface area (Å²) in [6, 6.07) is -0.184. The minimum atomic E-state index is -0.233. The summed E-state index contributed by atoms with van der Waals surface area (Å²) in [6.07, 6.45) is 3.13. The summed E-state index contributed by atoms with van der Waals surface area (Å²) in [5.41, 5.74) is 0. The second kappa shape index (κ2) is 3.96. The van der Waals surface area contributed by atoms with E-state index in [1.54, 1.807) is 0 Å². The first-order valence-corrected chi connectivity index (χ1v) is 5.09. The molecule has 2 saturated heterocycles. The molecule has 0 radical (unpaired) electrons. The first-order valence-electron chi connectivity index (χ1n) is 5.09. The highest BCUT2D eigenvalue weighted by Crippen LogP contribution is 2.14. The Hall–Kier alpha value is -1.10. The topological polar surface area (TPSA) is 61.4 Å². The van der Waals surface area contributed by atoms with Gasteiger partial charge in [-0.25, -0.2) is 4.79 Å². The van der Waals surface area contributed by atoms with E-state index in [1.807, 2.05) is 0 Å². The number of nitrogens with zero attached hydrogens (tertiary/aromatic N) is 1. The van der Waals surface area contributed by atoms with Crippen LogP contribution in [0, 0.1) is 0 Å². The minimum Gasteiger partial charge on any atom is -0.329 e.